The molecule has 3 heterocycles. The Morgan fingerprint density at radius 3 is 2.64 bits per heavy atom. The number of benzene rings is 1. The van der Waals surface area contributed by atoms with E-state index in [1.165, 1.54) is 18.1 Å². The van der Waals surface area contributed by atoms with E-state index in [1.54, 1.807) is 31.2 Å². The lowest BCUT2D eigenvalue weighted by atomic mass is 9.84. The highest BCUT2D eigenvalue weighted by molar-refractivity contribution is 5.95. The number of ether oxygens (including phenoxy) is 3. The fraction of sp³-hybridized carbons (Fsp3) is 0.423. The maximum Gasteiger partial charge on any atom is 0.433 e. The number of esters is 1. The Morgan fingerprint density at radius 2 is 2.00 bits per heavy atom. The largest absolute Gasteiger partial charge is 0.496 e. The second-order valence-corrected chi connectivity index (χ2v) is 8.76. The van der Waals surface area contributed by atoms with Crippen molar-refractivity contribution in [3.63, 3.8) is 0 Å². The first-order valence-corrected chi connectivity index (χ1v) is 11.6. The molecule has 1 aromatic heterocycles. The zero-order valence-electron chi connectivity index (χ0n) is 20.0. The zero-order valence-corrected chi connectivity index (χ0v) is 20.0. The molecule has 10 heteroatoms. The Morgan fingerprint density at radius 1 is 1.22 bits per heavy atom. The van der Waals surface area contributed by atoms with Gasteiger partial charge in [-0.2, -0.15) is 13.2 Å². The van der Waals surface area contributed by atoms with E-state index in [0.29, 0.717) is 35.7 Å². The van der Waals surface area contributed by atoms with Crippen molar-refractivity contribution in [2.24, 2.45) is 0 Å². The van der Waals surface area contributed by atoms with Crippen molar-refractivity contribution < 1.29 is 37.0 Å². The third-order valence-electron chi connectivity index (χ3n) is 6.48. The number of halogens is 3. The van der Waals surface area contributed by atoms with E-state index in [1.807, 2.05) is 0 Å². The Hall–Kier alpha value is -3.40. The minimum Gasteiger partial charge on any atom is -0.496 e. The van der Waals surface area contributed by atoms with Gasteiger partial charge >= 0.3 is 12.1 Å². The van der Waals surface area contributed by atoms with Crippen LogP contribution in [-0.2, 0) is 31.8 Å². The van der Waals surface area contributed by atoms with Gasteiger partial charge in [-0.05, 0) is 37.5 Å². The molecule has 0 radical (unpaired) electrons. The molecular formula is C26H27F3N2O5. The number of aromatic nitrogens is 1. The number of carbonyl (C=O) groups is 2. The monoisotopic (exact) mass is 504 g/mol. The number of alkyl halides is 3. The predicted molar refractivity (Wildman–Crippen MR) is 123 cm³/mol. The van der Waals surface area contributed by atoms with Gasteiger partial charge in [-0.15, -0.1) is 0 Å². The molecule has 1 fully saturated rings. The molecule has 0 saturated carbocycles. The second kappa shape index (κ2) is 10.7. The van der Waals surface area contributed by atoms with Gasteiger partial charge in [-0.3, -0.25) is 9.78 Å². The molecule has 1 aromatic carbocycles. The van der Waals surface area contributed by atoms with E-state index in [9.17, 15) is 22.8 Å². The van der Waals surface area contributed by atoms with Crippen LogP contribution in [0.3, 0.4) is 0 Å². The summed E-state index contributed by atoms with van der Waals surface area (Å²) in [6.07, 6.45) is -2.08. The number of amides is 1. The highest BCUT2D eigenvalue weighted by atomic mass is 19.4. The first kappa shape index (κ1) is 25.7. The molecule has 7 nitrogen and oxygen atoms in total. The Bertz CT molecular complexity index is 1140. The molecular weight excluding hydrogens is 477 g/mol. The van der Waals surface area contributed by atoms with Gasteiger partial charge in [-0.25, -0.2) is 4.79 Å². The SMILES string of the molecule is COc1ccccc1COC(=O)C1=C(C)N(C[C@H]2CCCO2)C(=O)CC1c1ccc(C(F)(F)F)nc1. The molecule has 1 saturated heterocycles. The van der Waals surface area contributed by atoms with E-state index in [0.717, 1.165) is 25.1 Å². The molecule has 1 amide bonds. The summed E-state index contributed by atoms with van der Waals surface area (Å²) >= 11 is 0. The molecule has 2 aromatic rings. The molecule has 2 aliphatic rings. The van der Waals surface area contributed by atoms with Crippen LogP contribution in [0.5, 0.6) is 5.75 Å². The molecule has 36 heavy (non-hydrogen) atoms. The van der Waals surface area contributed by atoms with Crippen molar-refractivity contribution >= 4 is 11.9 Å². The van der Waals surface area contributed by atoms with Gasteiger partial charge in [0.25, 0.3) is 0 Å². The maximum absolute atomic E-state index is 13.4. The Labute approximate surface area is 206 Å². The number of para-hydroxylation sites is 1. The number of hydrogen-bond acceptors (Lipinski definition) is 6. The molecule has 4 rings (SSSR count). The maximum atomic E-state index is 13.4. The van der Waals surface area contributed by atoms with Crippen molar-refractivity contribution in [3.05, 3.63) is 70.7 Å². The lowest BCUT2D eigenvalue weighted by Gasteiger charge is -2.35. The Kier molecular flexibility index (Phi) is 7.63. The number of rotatable bonds is 7. The van der Waals surface area contributed by atoms with Gasteiger partial charge in [0, 0.05) is 36.4 Å². The number of hydrogen-bond donors (Lipinski definition) is 0. The van der Waals surface area contributed by atoms with Crippen LogP contribution in [0.2, 0.25) is 0 Å². The zero-order chi connectivity index (χ0) is 25.9. The summed E-state index contributed by atoms with van der Waals surface area (Å²) in [6.45, 7) is 2.49. The van der Waals surface area contributed by atoms with Gasteiger partial charge in [-0.1, -0.05) is 24.3 Å². The number of nitrogens with zero attached hydrogens (tertiary/aromatic N) is 2. The lowest BCUT2D eigenvalue weighted by molar-refractivity contribution is -0.142. The summed E-state index contributed by atoms with van der Waals surface area (Å²) in [6, 6.07) is 9.19. The van der Waals surface area contributed by atoms with Crippen LogP contribution in [0.25, 0.3) is 0 Å². The smallest absolute Gasteiger partial charge is 0.433 e. The van der Waals surface area contributed by atoms with Crippen molar-refractivity contribution in [3.8, 4) is 5.75 Å². The van der Waals surface area contributed by atoms with Gasteiger partial charge in [0.2, 0.25) is 5.91 Å². The number of pyridine rings is 1. The van der Waals surface area contributed by atoms with Gasteiger partial charge in [0.15, 0.2) is 0 Å². The van der Waals surface area contributed by atoms with E-state index in [-0.39, 0.29) is 30.6 Å². The number of methoxy groups -OCH3 is 1. The summed E-state index contributed by atoms with van der Waals surface area (Å²) < 4.78 is 55.7. The molecule has 0 N–H and O–H groups in total. The first-order chi connectivity index (χ1) is 17.2. The van der Waals surface area contributed by atoms with Crippen molar-refractivity contribution in [1.82, 2.24) is 9.88 Å². The van der Waals surface area contributed by atoms with Crippen LogP contribution in [-0.4, -0.2) is 48.1 Å². The topological polar surface area (TPSA) is 78.0 Å². The lowest BCUT2D eigenvalue weighted by Crippen LogP contribution is -2.42. The summed E-state index contributed by atoms with van der Waals surface area (Å²) in [5.74, 6) is -1.14. The summed E-state index contributed by atoms with van der Waals surface area (Å²) in [5.41, 5.74) is 0.550. The van der Waals surface area contributed by atoms with Gasteiger partial charge in [0.1, 0.15) is 18.1 Å². The number of allylic oxidation sites excluding steroid dienone is 1. The molecule has 2 aliphatic heterocycles. The van der Waals surface area contributed by atoms with Crippen LogP contribution in [0.1, 0.15) is 48.9 Å². The normalized spacial score (nSPS) is 20.6. The fourth-order valence-corrected chi connectivity index (χ4v) is 4.60. The molecule has 0 bridgehead atoms. The van der Waals surface area contributed by atoms with Crippen molar-refractivity contribution in [1.29, 1.82) is 0 Å². The average Bonchev–Trinajstić information content (AvgIpc) is 3.38. The van der Waals surface area contributed by atoms with Gasteiger partial charge < -0.3 is 19.1 Å². The van der Waals surface area contributed by atoms with E-state index in [4.69, 9.17) is 14.2 Å². The van der Waals surface area contributed by atoms with Crippen molar-refractivity contribution in [2.75, 3.05) is 20.3 Å². The molecule has 2 atom stereocenters. The minimum atomic E-state index is -4.60. The standard InChI is InChI=1S/C26H27F3N2O5/c1-16-24(25(33)36-15-18-6-3-4-8-21(18)34-2)20(17-9-10-22(30-13-17)26(27,28)29)12-23(32)31(16)14-19-7-5-11-35-19/h3-4,6,8-10,13,19-20H,5,7,11-12,14-15H2,1-2H3/t19-,20?/m1/s1. The summed E-state index contributed by atoms with van der Waals surface area (Å²) in [7, 11) is 1.51. The van der Waals surface area contributed by atoms with Crippen LogP contribution in [0.4, 0.5) is 13.2 Å². The van der Waals surface area contributed by atoms with Crippen LogP contribution < -0.4 is 4.74 Å². The summed E-state index contributed by atoms with van der Waals surface area (Å²) in [4.78, 5) is 31.5. The molecule has 1 unspecified atom stereocenters. The van der Waals surface area contributed by atoms with E-state index >= 15 is 0 Å². The van der Waals surface area contributed by atoms with E-state index < -0.39 is 23.8 Å². The Balaban J connectivity index is 1.65. The molecule has 192 valence electrons. The van der Waals surface area contributed by atoms with Gasteiger partial charge in [0.05, 0.1) is 25.3 Å². The highest BCUT2D eigenvalue weighted by Gasteiger charge is 2.39. The minimum absolute atomic E-state index is 0.0721. The average molecular weight is 505 g/mol. The first-order valence-electron chi connectivity index (χ1n) is 11.6. The summed E-state index contributed by atoms with van der Waals surface area (Å²) in [5, 5.41) is 0. The predicted octanol–water partition coefficient (Wildman–Crippen LogP) is 4.62. The molecule has 0 spiro atoms. The van der Waals surface area contributed by atoms with Crippen LogP contribution >= 0.6 is 0 Å². The van der Waals surface area contributed by atoms with E-state index in [2.05, 4.69) is 4.98 Å². The van der Waals surface area contributed by atoms with Crippen LogP contribution in [0, 0.1) is 0 Å². The number of carbonyl (C=O) groups excluding carboxylic acids is 2. The van der Waals surface area contributed by atoms with Crippen LogP contribution in [0.15, 0.2) is 53.9 Å². The molecule has 0 aliphatic carbocycles. The second-order valence-electron chi connectivity index (χ2n) is 8.76. The quantitative estimate of drug-likeness (QED) is 0.512. The fourth-order valence-electron chi connectivity index (χ4n) is 4.60. The third-order valence-corrected chi connectivity index (χ3v) is 6.48. The van der Waals surface area contributed by atoms with Crippen molar-refractivity contribution in [2.45, 2.75) is 51.0 Å². The third kappa shape index (κ3) is 5.53. The highest BCUT2D eigenvalue weighted by Crippen LogP contribution is 2.38.